The van der Waals surface area contributed by atoms with E-state index in [4.69, 9.17) is 5.73 Å². The van der Waals surface area contributed by atoms with Crippen LogP contribution in [0.1, 0.15) is 44.2 Å². The van der Waals surface area contributed by atoms with E-state index in [0.29, 0.717) is 32.2 Å². The zero-order chi connectivity index (χ0) is 33.9. The Morgan fingerprint density at radius 3 is 2.07 bits per heavy atom. The molecule has 0 fully saturated rings. The van der Waals surface area contributed by atoms with E-state index in [1.807, 2.05) is 86.6 Å². The molecule has 0 spiro atoms. The van der Waals surface area contributed by atoms with Gasteiger partial charge in [-0.15, -0.1) is 0 Å². The first-order chi connectivity index (χ1) is 21.8. The van der Waals surface area contributed by atoms with Gasteiger partial charge in [0.05, 0.1) is 0 Å². The van der Waals surface area contributed by atoms with Gasteiger partial charge in [-0.1, -0.05) is 78.9 Å². The SMILES string of the molecule is CNC(=O)CCCN(C)C(=O)[C@H](Cc1ccccc1)N(C)C(=O)[C@H](Cc1ccc2ccccc2c1)N(C)C(=O)/C=C/CC(C)(C)N. The first-order valence-corrected chi connectivity index (χ1v) is 15.8. The van der Waals surface area contributed by atoms with Crippen LogP contribution in [0.4, 0.5) is 0 Å². The highest BCUT2D eigenvalue weighted by molar-refractivity contribution is 5.95. The van der Waals surface area contributed by atoms with Gasteiger partial charge in [-0.05, 0) is 54.7 Å². The number of nitrogens with two attached hydrogens (primary N) is 1. The lowest BCUT2D eigenvalue weighted by Crippen LogP contribution is -2.56. The Bertz CT molecular complexity index is 1510. The molecule has 2 atom stereocenters. The highest BCUT2D eigenvalue weighted by atomic mass is 16.2. The number of carbonyl (C=O) groups is 4. The number of nitrogens with one attached hydrogen (secondary N) is 1. The molecule has 3 rings (SSSR count). The van der Waals surface area contributed by atoms with Crippen molar-refractivity contribution in [2.45, 2.75) is 63.6 Å². The summed E-state index contributed by atoms with van der Waals surface area (Å²) in [6, 6.07) is 21.9. The van der Waals surface area contributed by atoms with Gasteiger partial charge in [-0.2, -0.15) is 0 Å². The summed E-state index contributed by atoms with van der Waals surface area (Å²) in [6.45, 7) is 4.12. The minimum atomic E-state index is -0.876. The van der Waals surface area contributed by atoms with Crippen molar-refractivity contribution in [1.82, 2.24) is 20.0 Å². The van der Waals surface area contributed by atoms with Gasteiger partial charge in [-0.3, -0.25) is 19.2 Å². The average molecular weight is 628 g/mol. The fraction of sp³-hybridized carbons (Fsp3) is 0.405. The maximum absolute atomic E-state index is 14.5. The lowest BCUT2D eigenvalue weighted by atomic mass is 9.98. The van der Waals surface area contributed by atoms with Crippen LogP contribution in [-0.4, -0.2) is 90.7 Å². The maximum atomic E-state index is 14.5. The largest absolute Gasteiger partial charge is 0.359 e. The lowest BCUT2D eigenvalue weighted by Gasteiger charge is -2.36. The number of rotatable bonds is 15. The Balaban J connectivity index is 1.94. The normalized spacial score (nSPS) is 12.8. The molecule has 0 aromatic heterocycles. The maximum Gasteiger partial charge on any atom is 0.246 e. The van der Waals surface area contributed by atoms with Crippen molar-refractivity contribution in [2.75, 3.05) is 34.7 Å². The van der Waals surface area contributed by atoms with E-state index in [-0.39, 0.29) is 30.0 Å². The third-order valence-electron chi connectivity index (χ3n) is 8.17. The highest BCUT2D eigenvalue weighted by Gasteiger charge is 2.36. The summed E-state index contributed by atoms with van der Waals surface area (Å²) in [5.74, 6) is -0.999. The fourth-order valence-electron chi connectivity index (χ4n) is 5.30. The van der Waals surface area contributed by atoms with Crippen LogP contribution in [-0.2, 0) is 32.0 Å². The van der Waals surface area contributed by atoms with Crippen LogP contribution in [0.25, 0.3) is 10.8 Å². The molecule has 0 aliphatic heterocycles. The van der Waals surface area contributed by atoms with Crippen LogP contribution in [0.3, 0.4) is 0 Å². The minimum Gasteiger partial charge on any atom is -0.359 e. The Hall–Kier alpha value is -4.50. The van der Waals surface area contributed by atoms with Crippen LogP contribution in [0.15, 0.2) is 84.9 Å². The smallest absolute Gasteiger partial charge is 0.246 e. The molecular formula is C37H49N5O4. The van der Waals surface area contributed by atoms with Gasteiger partial charge in [0, 0.05) is 59.5 Å². The van der Waals surface area contributed by atoms with Gasteiger partial charge in [-0.25, -0.2) is 0 Å². The molecule has 4 amide bonds. The molecule has 9 heteroatoms. The van der Waals surface area contributed by atoms with E-state index in [0.717, 1.165) is 21.9 Å². The second-order valence-electron chi connectivity index (χ2n) is 12.6. The molecule has 3 N–H and O–H groups in total. The second kappa shape index (κ2) is 16.7. The number of carbonyl (C=O) groups excluding carboxylic acids is 4. The van der Waals surface area contributed by atoms with E-state index in [1.54, 1.807) is 39.2 Å². The predicted molar refractivity (Wildman–Crippen MR) is 184 cm³/mol. The molecule has 0 saturated heterocycles. The van der Waals surface area contributed by atoms with Gasteiger partial charge in [0.1, 0.15) is 12.1 Å². The molecule has 0 aliphatic carbocycles. The van der Waals surface area contributed by atoms with Gasteiger partial charge in [0.15, 0.2) is 0 Å². The summed E-state index contributed by atoms with van der Waals surface area (Å²) in [7, 11) is 6.52. The van der Waals surface area contributed by atoms with Crippen molar-refractivity contribution in [3.8, 4) is 0 Å². The molecule has 0 radical (unpaired) electrons. The van der Waals surface area contributed by atoms with Crippen molar-refractivity contribution in [1.29, 1.82) is 0 Å². The number of likely N-dealkylation sites (N-methyl/N-ethyl adjacent to an activating group) is 3. The molecule has 3 aromatic rings. The van der Waals surface area contributed by atoms with Crippen molar-refractivity contribution >= 4 is 34.4 Å². The monoisotopic (exact) mass is 627 g/mol. The lowest BCUT2D eigenvalue weighted by molar-refractivity contribution is -0.148. The zero-order valence-corrected chi connectivity index (χ0v) is 28.0. The van der Waals surface area contributed by atoms with Crippen molar-refractivity contribution in [3.05, 3.63) is 96.1 Å². The van der Waals surface area contributed by atoms with Gasteiger partial charge in [0.25, 0.3) is 0 Å². The first kappa shape index (κ1) is 36.0. The molecule has 46 heavy (non-hydrogen) atoms. The summed E-state index contributed by atoms with van der Waals surface area (Å²) in [5.41, 5.74) is 7.43. The Morgan fingerprint density at radius 1 is 0.804 bits per heavy atom. The number of amides is 4. The molecule has 0 unspecified atom stereocenters. The van der Waals surface area contributed by atoms with Crippen LogP contribution >= 0.6 is 0 Å². The molecule has 0 saturated carbocycles. The summed E-state index contributed by atoms with van der Waals surface area (Å²) in [5, 5.41) is 4.72. The number of fused-ring (bicyclic) bond motifs is 1. The zero-order valence-electron chi connectivity index (χ0n) is 28.0. The standard InChI is InChI=1S/C37H49N5O4/c1-37(2,38)22-12-19-34(44)41(5)32(26-28-20-21-29-16-10-11-17-30(29)24-28)36(46)42(6)31(25-27-14-8-7-9-15-27)35(45)40(4)23-13-18-33(43)39-3/h7-12,14-17,19-21,24,31-32H,13,18,22-23,25-26,38H2,1-6H3,(H,39,43)/b19-12+/t31-,32-/m0/s1. The Kier molecular flexibility index (Phi) is 13.1. The number of benzene rings is 3. The van der Waals surface area contributed by atoms with Gasteiger partial charge in [0.2, 0.25) is 23.6 Å². The number of hydrogen-bond acceptors (Lipinski definition) is 5. The third-order valence-corrected chi connectivity index (χ3v) is 8.17. The molecule has 0 heterocycles. The average Bonchev–Trinajstić information content (AvgIpc) is 3.04. The molecule has 3 aromatic carbocycles. The summed E-state index contributed by atoms with van der Waals surface area (Å²) in [6.07, 6.45) is 5.04. The van der Waals surface area contributed by atoms with Crippen molar-refractivity contribution in [3.63, 3.8) is 0 Å². The van der Waals surface area contributed by atoms with Crippen LogP contribution in [0.5, 0.6) is 0 Å². The number of nitrogens with zero attached hydrogens (tertiary/aromatic N) is 3. The molecule has 0 aliphatic rings. The van der Waals surface area contributed by atoms with E-state index in [1.165, 1.54) is 15.9 Å². The Morgan fingerprint density at radius 2 is 1.41 bits per heavy atom. The van der Waals surface area contributed by atoms with Gasteiger partial charge < -0.3 is 25.8 Å². The van der Waals surface area contributed by atoms with E-state index < -0.39 is 17.6 Å². The third kappa shape index (κ3) is 10.5. The van der Waals surface area contributed by atoms with E-state index in [9.17, 15) is 19.2 Å². The first-order valence-electron chi connectivity index (χ1n) is 15.8. The molecular weight excluding hydrogens is 578 g/mol. The van der Waals surface area contributed by atoms with Crippen molar-refractivity contribution < 1.29 is 19.2 Å². The summed E-state index contributed by atoms with van der Waals surface area (Å²) >= 11 is 0. The molecule has 0 bridgehead atoms. The molecule has 9 nitrogen and oxygen atoms in total. The van der Waals surface area contributed by atoms with Crippen LogP contribution in [0, 0.1) is 0 Å². The fourth-order valence-corrected chi connectivity index (χ4v) is 5.30. The minimum absolute atomic E-state index is 0.0951. The molecule has 246 valence electrons. The Labute approximate surface area is 273 Å². The van der Waals surface area contributed by atoms with Crippen LogP contribution in [0.2, 0.25) is 0 Å². The topological polar surface area (TPSA) is 116 Å². The number of hydrogen-bond donors (Lipinski definition) is 2. The predicted octanol–water partition coefficient (Wildman–Crippen LogP) is 3.95. The quantitative estimate of drug-likeness (QED) is 0.248. The van der Waals surface area contributed by atoms with Gasteiger partial charge >= 0.3 is 0 Å². The van der Waals surface area contributed by atoms with E-state index >= 15 is 0 Å². The van der Waals surface area contributed by atoms with E-state index in [2.05, 4.69) is 5.32 Å². The summed E-state index contributed by atoms with van der Waals surface area (Å²) < 4.78 is 0. The highest BCUT2D eigenvalue weighted by Crippen LogP contribution is 2.21. The van der Waals surface area contributed by atoms with Crippen LogP contribution < -0.4 is 11.1 Å². The van der Waals surface area contributed by atoms with Crippen molar-refractivity contribution in [2.24, 2.45) is 5.73 Å². The second-order valence-corrected chi connectivity index (χ2v) is 12.6. The summed E-state index contributed by atoms with van der Waals surface area (Å²) in [4.78, 5) is 58.1.